The van der Waals surface area contributed by atoms with Crippen molar-refractivity contribution in [2.24, 2.45) is 0 Å². The second-order valence-electron chi connectivity index (χ2n) is 4.76. The molecule has 0 saturated carbocycles. The molecule has 0 unspecified atom stereocenters. The second-order valence-corrected chi connectivity index (χ2v) is 5.20. The van der Waals surface area contributed by atoms with E-state index in [9.17, 15) is 9.59 Å². The van der Waals surface area contributed by atoms with Gasteiger partial charge in [-0.05, 0) is 18.2 Å². The predicted molar refractivity (Wildman–Crippen MR) is 81.7 cm³/mol. The zero-order valence-corrected chi connectivity index (χ0v) is 11.9. The number of hydrogen-bond donors (Lipinski definition) is 1. The molecule has 0 spiro atoms. The van der Waals surface area contributed by atoms with Crippen molar-refractivity contribution in [1.82, 2.24) is 5.32 Å². The summed E-state index contributed by atoms with van der Waals surface area (Å²) < 4.78 is 0. The van der Waals surface area contributed by atoms with Gasteiger partial charge in [-0.25, -0.2) is 0 Å². The standard InChI is InChI=1S/C16H13ClN2O2/c17-12-6-7-14(19-10-18-9-15(19)20)13(8-12)16(21)11-4-2-1-3-5-11/h1-8,18H,9-10H2. The number of halogens is 1. The summed E-state index contributed by atoms with van der Waals surface area (Å²) in [4.78, 5) is 26.1. The molecule has 1 aliphatic rings. The zero-order valence-electron chi connectivity index (χ0n) is 11.2. The first-order chi connectivity index (χ1) is 10.2. The summed E-state index contributed by atoms with van der Waals surface area (Å²) in [5, 5.41) is 3.44. The summed E-state index contributed by atoms with van der Waals surface area (Å²) in [6.45, 7) is 0.678. The number of nitrogens with zero attached hydrogens (tertiary/aromatic N) is 1. The molecule has 106 valence electrons. The van der Waals surface area contributed by atoms with Crippen LogP contribution >= 0.6 is 11.6 Å². The van der Waals surface area contributed by atoms with Gasteiger partial charge < -0.3 is 0 Å². The average Bonchev–Trinajstić information content (AvgIpc) is 2.93. The van der Waals surface area contributed by atoms with Gasteiger partial charge in [0.25, 0.3) is 0 Å². The van der Waals surface area contributed by atoms with E-state index < -0.39 is 0 Å². The lowest BCUT2D eigenvalue weighted by Gasteiger charge is -2.18. The van der Waals surface area contributed by atoms with Crippen LogP contribution in [0.4, 0.5) is 5.69 Å². The SMILES string of the molecule is O=C(c1ccccc1)c1cc(Cl)ccc1N1CNCC1=O. The fraction of sp³-hybridized carbons (Fsp3) is 0.125. The van der Waals surface area contributed by atoms with Crippen LogP contribution in [0.3, 0.4) is 0 Å². The second kappa shape index (κ2) is 5.68. The molecule has 1 fully saturated rings. The normalized spacial score (nSPS) is 14.5. The quantitative estimate of drug-likeness (QED) is 0.886. The molecule has 5 heteroatoms. The molecule has 2 aromatic carbocycles. The Morgan fingerprint density at radius 1 is 1.14 bits per heavy atom. The minimum atomic E-state index is -0.146. The van der Waals surface area contributed by atoms with Gasteiger partial charge in [0.1, 0.15) is 0 Å². The number of rotatable bonds is 3. The highest BCUT2D eigenvalue weighted by atomic mass is 35.5. The molecule has 1 heterocycles. The first-order valence-corrected chi connectivity index (χ1v) is 6.95. The van der Waals surface area contributed by atoms with Crippen LogP contribution in [0.15, 0.2) is 48.5 Å². The van der Waals surface area contributed by atoms with Crippen LogP contribution < -0.4 is 10.2 Å². The van der Waals surface area contributed by atoms with Crippen LogP contribution in [0.25, 0.3) is 0 Å². The van der Waals surface area contributed by atoms with Crippen LogP contribution in [0, 0.1) is 0 Å². The van der Waals surface area contributed by atoms with Crippen molar-refractivity contribution in [2.75, 3.05) is 18.1 Å². The van der Waals surface area contributed by atoms with Gasteiger partial charge >= 0.3 is 0 Å². The van der Waals surface area contributed by atoms with E-state index in [1.54, 1.807) is 47.4 Å². The molecule has 3 rings (SSSR count). The molecule has 0 aliphatic carbocycles. The molecular formula is C16H13ClN2O2. The highest BCUT2D eigenvalue weighted by Gasteiger charge is 2.26. The summed E-state index contributed by atoms with van der Waals surface area (Å²) in [6, 6.07) is 14.0. The van der Waals surface area contributed by atoms with Gasteiger partial charge in [0.15, 0.2) is 5.78 Å². The maximum atomic E-state index is 12.7. The molecule has 0 atom stereocenters. The van der Waals surface area contributed by atoms with E-state index in [4.69, 9.17) is 11.6 Å². The summed E-state index contributed by atoms with van der Waals surface area (Å²) in [6.07, 6.45) is 0. The zero-order chi connectivity index (χ0) is 14.8. The topological polar surface area (TPSA) is 49.4 Å². The Labute approximate surface area is 127 Å². The lowest BCUT2D eigenvalue weighted by atomic mass is 10.0. The lowest BCUT2D eigenvalue weighted by Crippen LogP contribution is -2.27. The van der Waals surface area contributed by atoms with E-state index in [2.05, 4.69) is 5.32 Å². The molecule has 1 N–H and O–H groups in total. The predicted octanol–water partition coefficient (Wildman–Crippen LogP) is 2.46. The third kappa shape index (κ3) is 2.68. The monoisotopic (exact) mass is 300 g/mol. The van der Waals surface area contributed by atoms with Crippen molar-refractivity contribution in [1.29, 1.82) is 0 Å². The molecule has 1 saturated heterocycles. The summed E-state index contributed by atoms with van der Waals surface area (Å²) >= 11 is 6.02. The summed E-state index contributed by atoms with van der Waals surface area (Å²) in [7, 11) is 0. The fourth-order valence-corrected chi connectivity index (χ4v) is 2.52. The first-order valence-electron chi connectivity index (χ1n) is 6.57. The van der Waals surface area contributed by atoms with Crippen LogP contribution in [0.1, 0.15) is 15.9 Å². The maximum Gasteiger partial charge on any atom is 0.242 e. The van der Waals surface area contributed by atoms with Gasteiger partial charge in [-0.15, -0.1) is 0 Å². The fourth-order valence-electron chi connectivity index (χ4n) is 2.35. The van der Waals surface area contributed by atoms with E-state index in [0.717, 1.165) is 0 Å². The summed E-state index contributed by atoms with van der Waals surface area (Å²) in [5.74, 6) is -0.202. The molecule has 2 aromatic rings. The number of amides is 1. The van der Waals surface area contributed by atoms with Crippen molar-refractivity contribution in [2.45, 2.75) is 0 Å². The minimum Gasteiger partial charge on any atom is -0.297 e. The Kier molecular flexibility index (Phi) is 3.73. The highest BCUT2D eigenvalue weighted by Crippen LogP contribution is 2.27. The summed E-state index contributed by atoms with van der Waals surface area (Å²) in [5.41, 5.74) is 1.59. The molecule has 4 nitrogen and oxygen atoms in total. The number of ketones is 1. The van der Waals surface area contributed by atoms with Gasteiger partial charge in [-0.1, -0.05) is 41.9 Å². The van der Waals surface area contributed by atoms with Gasteiger partial charge in [0, 0.05) is 16.1 Å². The van der Waals surface area contributed by atoms with Crippen LogP contribution in [0.2, 0.25) is 5.02 Å². The lowest BCUT2D eigenvalue weighted by molar-refractivity contribution is -0.116. The number of anilines is 1. The van der Waals surface area contributed by atoms with E-state index in [1.165, 1.54) is 0 Å². The van der Waals surface area contributed by atoms with Crippen molar-refractivity contribution in [3.05, 3.63) is 64.7 Å². The molecular weight excluding hydrogens is 288 g/mol. The maximum absolute atomic E-state index is 12.7. The molecule has 0 radical (unpaired) electrons. The number of benzene rings is 2. The molecule has 0 bridgehead atoms. The third-order valence-electron chi connectivity index (χ3n) is 3.38. The van der Waals surface area contributed by atoms with E-state index in [0.29, 0.717) is 28.5 Å². The molecule has 21 heavy (non-hydrogen) atoms. The van der Waals surface area contributed by atoms with Crippen molar-refractivity contribution in [3.8, 4) is 0 Å². The Morgan fingerprint density at radius 2 is 1.90 bits per heavy atom. The Bertz CT molecular complexity index is 701. The van der Waals surface area contributed by atoms with Crippen molar-refractivity contribution < 1.29 is 9.59 Å². The van der Waals surface area contributed by atoms with Crippen molar-refractivity contribution in [3.63, 3.8) is 0 Å². The Morgan fingerprint density at radius 3 is 2.57 bits per heavy atom. The van der Waals surface area contributed by atoms with E-state index in [-0.39, 0.29) is 18.2 Å². The van der Waals surface area contributed by atoms with Gasteiger partial charge in [-0.2, -0.15) is 0 Å². The van der Waals surface area contributed by atoms with Crippen molar-refractivity contribution >= 4 is 29.0 Å². The van der Waals surface area contributed by atoms with Gasteiger partial charge in [-0.3, -0.25) is 19.8 Å². The molecule has 1 amide bonds. The smallest absolute Gasteiger partial charge is 0.242 e. The minimum absolute atomic E-state index is 0.0561. The van der Waals surface area contributed by atoms with Gasteiger partial charge in [0.2, 0.25) is 5.91 Å². The average molecular weight is 301 g/mol. The highest BCUT2D eigenvalue weighted by molar-refractivity contribution is 6.31. The number of hydrogen-bond acceptors (Lipinski definition) is 3. The first kappa shape index (κ1) is 13.8. The number of carbonyl (C=O) groups excluding carboxylic acids is 2. The largest absolute Gasteiger partial charge is 0.297 e. The third-order valence-corrected chi connectivity index (χ3v) is 3.61. The van der Waals surface area contributed by atoms with E-state index >= 15 is 0 Å². The van der Waals surface area contributed by atoms with Gasteiger partial charge in [0.05, 0.1) is 18.9 Å². The van der Waals surface area contributed by atoms with E-state index in [1.807, 2.05) is 6.07 Å². The van der Waals surface area contributed by atoms with Crippen LogP contribution in [-0.2, 0) is 4.79 Å². The number of nitrogens with one attached hydrogen (secondary N) is 1. The van der Waals surface area contributed by atoms with Crippen LogP contribution in [0.5, 0.6) is 0 Å². The molecule has 1 aliphatic heterocycles. The number of carbonyl (C=O) groups is 2. The Balaban J connectivity index is 2.07. The van der Waals surface area contributed by atoms with Crippen LogP contribution in [-0.4, -0.2) is 24.9 Å². The molecule has 0 aromatic heterocycles. The Hall–Kier alpha value is -2.17.